The first-order chi connectivity index (χ1) is 14.2. The monoisotopic (exact) mass is 412 g/mol. The number of allylic oxidation sites excluding steroid dienone is 4. The summed E-state index contributed by atoms with van der Waals surface area (Å²) in [6.07, 6.45) is 17.9. The Morgan fingerprint density at radius 2 is 1.77 bits per heavy atom. The smallest absolute Gasteiger partial charge is 0.0543 e. The first-order valence-electron chi connectivity index (χ1n) is 13.2. The van der Waals surface area contributed by atoms with Crippen molar-refractivity contribution < 1.29 is 5.11 Å². The summed E-state index contributed by atoms with van der Waals surface area (Å²) in [6, 6.07) is 0. The van der Waals surface area contributed by atoms with Crippen LogP contribution in [0.15, 0.2) is 23.3 Å². The van der Waals surface area contributed by atoms with Crippen LogP contribution >= 0.6 is 0 Å². The lowest BCUT2D eigenvalue weighted by molar-refractivity contribution is -0.0427. The maximum atomic E-state index is 10.3. The van der Waals surface area contributed by atoms with Gasteiger partial charge in [0.05, 0.1) is 6.10 Å². The van der Waals surface area contributed by atoms with Crippen molar-refractivity contribution in [3.8, 4) is 0 Å². The molecule has 0 amide bonds. The molecule has 170 valence electrons. The Hall–Kier alpha value is -0.560. The van der Waals surface area contributed by atoms with Gasteiger partial charge < -0.3 is 5.11 Å². The van der Waals surface area contributed by atoms with E-state index < -0.39 is 0 Å². The molecule has 1 nitrogen and oxygen atoms in total. The summed E-state index contributed by atoms with van der Waals surface area (Å²) in [4.78, 5) is 0. The Morgan fingerprint density at radius 1 is 1.07 bits per heavy atom. The zero-order chi connectivity index (χ0) is 21.7. The van der Waals surface area contributed by atoms with E-state index in [1.54, 1.807) is 5.57 Å². The van der Waals surface area contributed by atoms with Crippen molar-refractivity contribution >= 4 is 0 Å². The minimum Gasteiger partial charge on any atom is -0.393 e. The maximum absolute atomic E-state index is 10.3. The predicted molar refractivity (Wildman–Crippen MR) is 128 cm³/mol. The molecular formula is C29H48O. The molecule has 0 spiro atoms. The molecular weight excluding hydrogens is 364 g/mol. The largest absolute Gasteiger partial charge is 0.393 e. The Labute approximate surface area is 186 Å². The lowest BCUT2D eigenvalue weighted by Gasteiger charge is -2.57. The topological polar surface area (TPSA) is 20.2 Å². The minimum atomic E-state index is -0.0449. The highest BCUT2D eigenvalue weighted by Crippen LogP contribution is 2.67. The van der Waals surface area contributed by atoms with Gasteiger partial charge in [-0.15, -0.1) is 0 Å². The number of hydrogen-bond donors (Lipinski definition) is 1. The molecule has 30 heavy (non-hydrogen) atoms. The van der Waals surface area contributed by atoms with Crippen LogP contribution in [0.1, 0.15) is 106 Å². The number of aliphatic hydroxyl groups excluding tert-OH is 1. The maximum Gasteiger partial charge on any atom is 0.0543 e. The Morgan fingerprint density at radius 3 is 2.47 bits per heavy atom. The van der Waals surface area contributed by atoms with E-state index in [2.05, 4.69) is 53.7 Å². The van der Waals surface area contributed by atoms with E-state index in [1.165, 1.54) is 51.4 Å². The molecule has 0 heterocycles. The molecule has 0 aromatic carbocycles. The van der Waals surface area contributed by atoms with Gasteiger partial charge in [-0.05, 0) is 117 Å². The zero-order valence-corrected chi connectivity index (χ0v) is 20.7. The van der Waals surface area contributed by atoms with E-state index in [1.807, 2.05) is 5.57 Å². The second kappa shape index (κ2) is 8.42. The van der Waals surface area contributed by atoms with E-state index in [-0.39, 0.29) is 6.10 Å². The fourth-order valence-electron chi connectivity index (χ4n) is 8.83. The molecule has 0 aromatic rings. The SMILES string of the molecule is C/C=C(/CC[C@@H](C)[C@H]1CC[C@H]2C3=CC[C@H]4C[C@@H](O)CC[C@]4(C)[C@@H]3CC[C@]12C)C(C)C. The van der Waals surface area contributed by atoms with Crippen molar-refractivity contribution in [2.24, 2.45) is 46.3 Å². The predicted octanol–water partition coefficient (Wildman–Crippen LogP) is 7.94. The highest BCUT2D eigenvalue weighted by molar-refractivity contribution is 5.27. The Kier molecular flexibility index (Phi) is 6.35. The summed E-state index contributed by atoms with van der Waals surface area (Å²) in [7, 11) is 0. The summed E-state index contributed by atoms with van der Waals surface area (Å²) in [5, 5.41) is 10.3. The first-order valence-corrected chi connectivity index (χ1v) is 13.2. The number of fused-ring (bicyclic) bond motifs is 5. The first kappa shape index (κ1) is 22.6. The van der Waals surface area contributed by atoms with Crippen LogP contribution in [-0.4, -0.2) is 11.2 Å². The van der Waals surface area contributed by atoms with Crippen LogP contribution in [0.2, 0.25) is 0 Å². The van der Waals surface area contributed by atoms with Gasteiger partial charge in [0.25, 0.3) is 0 Å². The summed E-state index contributed by atoms with van der Waals surface area (Å²) in [6.45, 7) is 14.7. The summed E-state index contributed by atoms with van der Waals surface area (Å²) < 4.78 is 0. The highest BCUT2D eigenvalue weighted by atomic mass is 16.3. The Bertz CT molecular complexity index is 686. The molecule has 0 unspecified atom stereocenters. The van der Waals surface area contributed by atoms with Crippen LogP contribution < -0.4 is 0 Å². The number of rotatable bonds is 5. The molecule has 4 aliphatic carbocycles. The van der Waals surface area contributed by atoms with Gasteiger partial charge in [-0.1, -0.05) is 57.9 Å². The molecule has 3 fully saturated rings. The molecule has 0 aromatic heterocycles. The van der Waals surface area contributed by atoms with E-state index in [4.69, 9.17) is 0 Å². The molecule has 1 N–H and O–H groups in total. The molecule has 0 aliphatic heterocycles. The summed E-state index contributed by atoms with van der Waals surface area (Å²) >= 11 is 0. The van der Waals surface area contributed by atoms with Crippen LogP contribution in [-0.2, 0) is 0 Å². The third-order valence-corrected chi connectivity index (χ3v) is 10.8. The molecule has 0 saturated heterocycles. The zero-order valence-electron chi connectivity index (χ0n) is 20.7. The van der Waals surface area contributed by atoms with E-state index in [9.17, 15) is 5.11 Å². The third kappa shape index (κ3) is 3.66. The van der Waals surface area contributed by atoms with Crippen molar-refractivity contribution in [1.82, 2.24) is 0 Å². The lowest BCUT2D eigenvalue weighted by atomic mass is 9.47. The van der Waals surface area contributed by atoms with Crippen molar-refractivity contribution in [2.45, 2.75) is 112 Å². The van der Waals surface area contributed by atoms with Gasteiger partial charge in [-0.3, -0.25) is 0 Å². The van der Waals surface area contributed by atoms with Crippen molar-refractivity contribution in [3.05, 3.63) is 23.3 Å². The van der Waals surface area contributed by atoms with Gasteiger partial charge in [0.15, 0.2) is 0 Å². The second-order valence-corrected chi connectivity index (χ2v) is 12.4. The van der Waals surface area contributed by atoms with Crippen LogP contribution in [0.3, 0.4) is 0 Å². The fourth-order valence-corrected chi connectivity index (χ4v) is 8.83. The van der Waals surface area contributed by atoms with Gasteiger partial charge in [0.2, 0.25) is 0 Å². The molecule has 0 bridgehead atoms. The van der Waals surface area contributed by atoms with Gasteiger partial charge in [0, 0.05) is 0 Å². The van der Waals surface area contributed by atoms with Gasteiger partial charge >= 0.3 is 0 Å². The molecule has 4 aliphatic rings. The molecule has 1 heteroatoms. The minimum absolute atomic E-state index is 0.0449. The molecule has 4 rings (SSSR count). The van der Waals surface area contributed by atoms with E-state index in [0.29, 0.717) is 22.7 Å². The fraction of sp³-hybridized carbons (Fsp3) is 0.862. The molecule has 8 atom stereocenters. The van der Waals surface area contributed by atoms with E-state index in [0.717, 1.165) is 36.5 Å². The lowest BCUT2D eigenvalue weighted by Crippen LogP contribution is -2.49. The second-order valence-electron chi connectivity index (χ2n) is 12.4. The normalized spacial score (nSPS) is 44.9. The van der Waals surface area contributed by atoms with Crippen LogP contribution in [0.5, 0.6) is 0 Å². The molecule has 3 saturated carbocycles. The molecule has 0 radical (unpaired) electrons. The highest BCUT2D eigenvalue weighted by Gasteiger charge is 2.58. The van der Waals surface area contributed by atoms with Gasteiger partial charge in [-0.25, -0.2) is 0 Å². The van der Waals surface area contributed by atoms with E-state index >= 15 is 0 Å². The average Bonchev–Trinajstić information content (AvgIpc) is 3.06. The van der Waals surface area contributed by atoms with Gasteiger partial charge in [-0.2, -0.15) is 0 Å². The summed E-state index contributed by atoms with van der Waals surface area (Å²) in [5.41, 5.74) is 4.49. The quantitative estimate of drug-likeness (QED) is 0.454. The van der Waals surface area contributed by atoms with Crippen LogP contribution in [0.25, 0.3) is 0 Å². The average molecular weight is 413 g/mol. The number of hydrogen-bond acceptors (Lipinski definition) is 1. The van der Waals surface area contributed by atoms with Crippen LogP contribution in [0, 0.1) is 46.3 Å². The Balaban J connectivity index is 1.50. The van der Waals surface area contributed by atoms with Gasteiger partial charge in [0.1, 0.15) is 0 Å². The standard InChI is InChI=1S/C29H48O/c1-7-21(19(2)3)9-8-20(4)25-12-13-26-24-11-10-22-18-23(30)14-16-28(22,5)27(24)15-17-29(25,26)6/h7,11,19-20,22-23,25-27,30H,8-10,12-18H2,1-6H3/b21-7-/t20-,22+,23+,25-,26+,27-,28+,29-/m1/s1. The summed E-state index contributed by atoms with van der Waals surface area (Å²) in [5.74, 6) is 4.77. The number of aliphatic hydroxyl groups is 1. The third-order valence-electron chi connectivity index (χ3n) is 10.8. The van der Waals surface area contributed by atoms with Crippen molar-refractivity contribution in [2.75, 3.05) is 0 Å². The van der Waals surface area contributed by atoms with Crippen molar-refractivity contribution in [1.29, 1.82) is 0 Å². The van der Waals surface area contributed by atoms with Crippen molar-refractivity contribution in [3.63, 3.8) is 0 Å². The van der Waals surface area contributed by atoms with Crippen LogP contribution in [0.4, 0.5) is 0 Å².